The number of hydrogen-bond donors (Lipinski definition) is 0. The molecule has 0 radical (unpaired) electrons. The van der Waals surface area contributed by atoms with Crippen LogP contribution in [0.2, 0.25) is 0 Å². The van der Waals surface area contributed by atoms with Crippen molar-refractivity contribution in [3.05, 3.63) is 215 Å². The Hall–Kier alpha value is -11.8. The molecular weight excluding hydrogens is 961 g/mol. The molecule has 0 bridgehead atoms. The van der Waals surface area contributed by atoms with Crippen molar-refractivity contribution in [3.63, 3.8) is 0 Å². The maximum absolute atomic E-state index is 10.4. The molecule has 358 valence electrons. The third kappa shape index (κ3) is 6.40. The van der Waals surface area contributed by atoms with Crippen LogP contribution in [0.4, 0.5) is 0 Å². The molecule has 14 rings (SSSR count). The Balaban J connectivity index is 1.34. The van der Waals surface area contributed by atoms with Crippen molar-refractivity contribution in [2.24, 2.45) is 0 Å². The molecule has 8 aromatic carbocycles. The third-order valence-corrected chi connectivity index (χ3v) is 15.0. The van der Waals surface area contributed by atoms with Gasteiger partial charge in [-0.3, -0.25) is 14.1 Å². The van der Waals surface area contributed by atoms with E-state index in [9.17, 15) is 31.6 Å². The fourth-order valence-corrected chi connectivity index (χ4v) is 11.9. The summed E-state index contributed by atoms with van der Waals surface area (Å²) in [5, 5.41) is 68.8. The second-order valence-electron chi connectivity index (χ2n) is 19.5. The lowest BCUT2D eigenvalue weighted by atomic mass is 9.97. The third-order valence-electron chi connectivity index (χ3n) is 15.0. The molecule has 12 heteroatoms. The van der Waals surface area contributed by atoms with Crippen LogP contribution < -0.4 is 0 Å². The molecule has 14 aromatic rings. The lowest BCUT2D eigenvalue weighted by molar-refractivity contribution is 0.960. The van der Waals surface area contributed by atoms with Gasteiger partial charge in [-0.15, -0.1) is 0 Å². The minimum Gasteiger partial charge on any atom is -0.305 e. The molecule has 0 atom stereocenters. The number of rotatable bonds is 5. The number of para-hydroxylation sites is 1. The molecule has 0 spiro atoms. The quantitative estimate of drug-likeness (QED) is 0.163. The fourth-order valence-electron chi connectivity index (χ4n) is 11.9. The van der Waals surface area contributed by atoms with E-state index < -0.39 is 0 Å². The average Bonchev–Trinajstić information content (AvgIpc) is 4.37. The fraction of sp³-hybridized carbons (Fsp3) is 0.0303. The maximum atomic E-state index is 10.4. The van der Waals surface area contributed by atoms with Gasteiger partial charge in [-0.2, -0.15) is 31.6 Å². The number of aryl methyl sites for hydroxylation is 2. The van der Waals surface area contributed by atoms with Crippen molar-refractivity contribution in [1.82, 2.24) is 28.2 Å². The number of fused-ring (bicyclic) bond motifs is 12. The van der Waals surface area contributed by atoms with Gasteiger partial charge in [-0.25, -0.2) is 4.98 Å². The Kier molecular flexibility index (Phi) is 9.71. The van der Waals surface area contributed by atoms with E-state index in [2.05, 4.69) is 104 Å². The highest BCUT2D eigenvalue weighted by atomic mass is 15.2. The molecule has 0 aliphatic heterocycles. The van der Waals surface area contributed by atoms with Crippen LogP contribution in [0, 0.1) is 81.8 Å². The highest BCUT2D eigenvalue weighted by molar-refractivity contribution is 6.16. The van der Waals surface area contributed by atoms with E-state index in [0.717, 1.165) is 98.4 Å². The highest BCUT2D eigenvalue weighted by Crippen LogP contribution is 2.49. The number of nitrogens with zero attached hydrogens (tertiary/aromatic N) is 12. The van der Waals surface area contributed by atoms with Crippen LogP contribution in [0.3, 0.4) is 0 Å². The first-order valence-electron chi connectivity index (χ1n) is 24.9. The zero-order valence-electron chi connectivity index (χ0n) is 41.5. The predicted molar refractivity (Wildman–Crippen MR) is 303 cm³/mol. The van der Waals surface area contributed by atoms with E-state index in [0.29, 0.717) is 67.4 Å². The zero-order chi connectivity index (χ0) is 53.1. The molecule has 6 heterocycles. The van der Waals surface area contributed by atoms with Crippen molar-refractivity contribution in [2.75, 3.05) is 0 Å². The first-order valence-corrected chi connectivity index (χ1v) is 24.9. The maximum Gasteiger partial charge on any atom is 0.165 e. The lowest BCUT2D eigenvalue weighted by Crippen LogP contribution is -2.16. The molecule has 12 nitrogen and oxygen atoms in total. The van der Waals surface area contributed by atoms with Gasteiger partial charge in [0.15, 0.2) is 11.6 Å². The van der Waals surface area contributed by atoms with Crippen molar-refractivity contribution in [1.29, 1.82) is 31.6 Å². The minimum absolute atomic E-state index is 0.441. The van der Waals surface area contributed by atoms with Crippen molar-refractivity contribution >= 4 is 87.2 Å². The molecule has 78 heavy (non-hydrogen) atoms. The smallest absolute Gasteiger partial charge is 0.165 e. The summed E-state index contributed by atoms with van der Waals surface area (Å²) in [6.45, 7) is 4.15. The zero-order valence-corrected chi connectivity index (χ0v) is 41.5. The van der Waals surface area contributed by atoms with Gasteiger partial charge in [-0.05, 0) is 141 Å². The van der Waals surface area contributed by atoms with Gasteiger partial charge < -0.3 is 9.13 Å². The Labute approximate surface area is 444 Å². The van der Waals surface area contributed by atoms with Crippen LogP contribution in [0.5, 0.6) is 0 Å². The number of benzene rings is 8. The second kappa shape index (κ2) is 16.9. The SMILES string of the molecule is Cc1cc(C)cc(-c2c(-n3c4ccc(C#N)cc4c4cc(C#N)ccc43)c(-n3c4ccccc4c4cnccc43)nc(-n3c4ccc(C#N)cc4c4cc(C#N)ccc43)c2-n2c3ccc(C#N)cc3c3cc(C#N)ccc32)c1. The lowest BCUT2D eigenvalue weighted by Gasteiger charge is -2.27. The summed E-state index contributed by atoms with van der Waals surface area (Å²) >= 11 is 0. The number of hydrogen-bond acceptors (Lipinski definition) is 8. The molecule has 0 aliphatic carbocycles. The normalized spacial score (nSPS) is 11.4. The number of nitriles is 6. The minimum atomic E-state index is 0.441. The van der Waals surface area contributed by atoms with E-state index in [1.54, 1.807) is 30.5 Å². The second-order valence-corrected chi connectivity index (χ2v) is 19.5. The predicted octanol–water partition coefficient (Wildman–Crippen LogP) is 14.4. The number of aromatic nitrogens is 6. The largest absolute Gasteiger partial charge is 0.305 e. The summed E-state index contributed by atoms with van der Waals surface area (Å²) in [6, 6.07) is 64.4. The van der Waals surface area contributed by atoms with Crippen LogP contribution in [-0.4, -0.2) is 28.2 Å². The summed E-state index contributed by atoms with van der Waals surface area (Å²) < 4.78 is 8.70. The molecule has 0 amide bonds. The van der Waals surface area contributed by atoms with Gasteiger partial charge >= 0.3 is 0 Å². The van der Waals surface area contributed by atoms with Crippen LogP contribution in [-0.2, 0) is 0 Å². The van der Waals surface area contributed by atoms with Gasteiger partial charge in [0.2, 0.25) is 0 Å². The Morgan fingerprint density at radius 3 is 1.04 bits per heavy atom. The molecule has 0 saturated heterocycles. The van der Waals surface area contributed by atoms with Crippen molar-refractivity contribution < 1.29 is 0 Å². The topological polar surface area (TPSA) is 188 Å². The molecule has 0 unspecified atom stereocenters. The Morgan fingerprint density at radius 1 is 0.333 bits per heavy atom. The standard InChI is InChI=1S/C66H34N12/c1-37-21-38(2)23-45(22-37)62-63(75-55-13-7-39(30-67)24-47(55)48-25-40(31-68)8-14-56(48)75)65(77-54-6-4-3-5-46(54)53-36-73-20-19-61(53)77)74-66(78-59-17-11-43(34-71)28-51(59)52-29-44(35-72)12-18-60(52)78)64(62)76-57-15-9-41(32-69)26-49(57)50-27-42(33-70)10-16-58(50)76/h3-29,36H,1-2H3. The van der Waals surface area contributed by atoms with Crippen LogP contribution in [0.1, 0.15) is 44.5 Å². The van der Waals surface area contributed by atoms with Crippen LogP contribution >= 0.6 is 0 Å². The summed E-state index contributed by atoms with van der Waals surface area (Å²) in [4.78, 5) is 10.8. The summed E-state index contributed by atoms with van der Waals surface area (Å²) in [5.41, 5.74) is 13.6. The summed E-state index contributed by atoms with van der Waals surface area (Å²) in [7, 11) is 0. The molecule has 0 N–H and O–H groups in total. The van der Waals surface area contributed by atoms with Gasteiger partial charge in [-0.1, -0.05) is 47.5 Å². The van der Waals surface area contributed by atoms with Gasteiger partial charge in [0, 0.05) is 61.0 Å². The van der Waals surface area contributed by atoms with E-state index in [1.165, 1.54) is 0 Å². The van der Waals surface area contributed by atoms with Gasteiger partial charge in [0.25, 0.3) is 0 Å². The average molecular weight is 995 g/mol. The number of pyridine rings is 2. The Morgan fingerprint density at radius 2 is 0.667 bits per heavy atom. The first-order chi connectivity index (χ1) is 38.2. The molecule has 0 saturated carbocycles. The van der Waals surface area contributed by atoms with E-state index in [1.807, 2.05) is 109 Å². The Bertz CT molecular complexity index is 5040. The van der Waals surface area contributed by atoms with E-state index in [4.69, 9.17) is 4.98 Å². The van der Waals surface area contributed by atoms with Gasteiger partial charge in [0.05, 0.1) is 114 Å². The van der Waals surface area contributed by atoms with Gasteiger partial charge in [0.1, 0.15) is 11.4 Å². The van der Waals surface area contributed by atoms with E-state index >= 15 is 0 Å². The summed E-state index contributed by atoms with van der Waals surface area (Å²) in [5.74, 6) is 0.994. The van der Waals surface area contributed by atoms with Crippen molar-refractivity contribution in [3.8, 4) is 70.6 Å². The van der Waals surface area contributed by atoms with Crippen LogP contribution in [0.15, 0.2) is 170 Å². The molecule has 0 fully saturated rings. The molecule has 0 aliphatic rings. The molecular formula is C66H34N12. The monoisotopic (exact) mass is 994 g/mol. The van der Waals surface area contributed by atoms with E-state index in [-0.39, 0.29) is 0 Å². The van der Waals surface area contributed by atoms with Crippen molar-refractivity contribution in [2.45, 2.75) is 13.8 Å². The summed E-state index contributed by atoms with van der Waals surface area (Å²) in [6.07, 6.45) is 3.65. The first kappa shape index (κ1) is 44.9. The highest BCUT2D eigenvalue weighted by Gasteiger charge is 2.33. The van der Waals surface area contributed by atoms with Crippen LogP contribution in [0.25, 0.3) is 121 Å². The molecule has 6 aromatic heterocycles.